The van der Waals surface area contributed by atoms with Crippen molar-refractivity contribution in [1.82, 2.24) is 10.2 Å². The summed E-state index contributed by atoms with van der Waals surface area (Å²) < 4.78 is 0. The Morgan fingerprint density at radius 1 is 1.50 bits per heavy atom. The van der Waals surface area contributed by atoms with Gasteiger partial charge in [-0.25, -0.2) is 0 Å². The minimum Gasteiger partial charge on any atom is -0.321 e. The maximum Gasteiger partial charge on any atom is 0.258 e. The summed E-state index contributed by atoms with van der Waals surface area (Å²) in [6.45, 7) is 1.94. The predicted octanol–water partition coefficient (Wildman–Crippen LogP) is 2.62. The topological polar surface area (TPSA) is 57.8 Å². The molecule has 2 N–H and O–H groups in total. The van der Waals surface area contributed by atoms with Crippen LogP contribution in [0.3, 0.4) is 0 Å². The van der Waals surface area contributed by atoms with Crippen molar-refractivity contribution in [2.75, 3.05) is 5.32 Å². The third-order valence-corrected chi connectivity index (χ3v) is 2.45. The number of carbonyl (C=O) groups is 1. The normalized spacial score (nSPS) is 10.1. The third kappa shape index (κ3) is 2.23. The number of H-pyrrole nitrogens is 1. The Labute approximate surface area is 97.6 Å². The smallest absolute Gasteiger partial charge is 0.258 e. The number of aromatic nitrogens is 2. The van der Waals surface area contributed by atoms with Gasteiger partial charge in [0.2, 0.25) is 0 Å². The zero-order chi connectivity index (χ0) is 11.5. The van der Waals surface area contributed by atoms with Crippen molar-refractivity contribution in [2.24, 2.45) is 0 Å². The van der Waals surface area contributed by atoms with Crippen LogP contribution in [-0.2, 0) is 0 Å². The quantitative estimate of drug-likeness (QED) is 0.841. The summed E-state index contributed by atoms with van der Waals surface area (Å²) in [4.78, 5) is 11.7. The molecule has 0 aliphatic heterocycles. The van der Waals surface area contributed by atoms with Crippen molar-refractivity contribution in [3.05, 3.63) is 46.7 Å². The molecule has 16 heavy (non-hydrogen) atoms. The standard InChI is InChI=1S/C11H10ClN3O/c1-7-2-3-10(9(12)4-7)15-11(16)8-5-13-14-6-8/h2-6H,1H3,(H,13,14)(H,15,16). The number of aryl methyl sites for hydroxylation is 1. The fraction of sp³-hybridized carbons (Fsp3) is 0.0909. The summed E-state index contributed by atoms with van der Waals surface area (Å²) in [7, 11) is 0. The van der Waals surface area contributed by atoms with Gasteiger partial charge >= 0.3 is 0 Å². The van der Waals surface area contributed by atoms with Crippen molar-refractivity contribution in [2.45, 2.75) is 6.92 Å². The van der Waals surface area contributed by atoms with Crippen LogP contribution < -0.4 is 5.32 Å². The summed E-state index contributed by atoms with van der Waals surface area (Å²) in [6.07, 6.45) is 2.98. The van der Waals surface area contributed by atoms with E-state index < -0.39 is 0 Å². The van der Waals surface area contributed by atoms with Gasteiger partial charge in [-0.15, -0.1) is 0 Å². The van der Waals surface area contributed by atoms with Crippen LogP contribution >= 0.6 is 11.6 Å². The fourth-order valence-electron chi connectivity index (χ4n) is 1.29. The maximum atomic E-state index is 11.7. The van der Waals surface area contributed by atoms with E-state index in [0.29, 0.717) is 16.3 Å². The molecule has 0 spiro atoms. The van der Waals surface area contributed by atoms with Gasteiger partial charge in [0.15, 0.2) is 0 Å². The number of carbonyl (C=O) groups excluding carboxylic acids is 1. The van der Waals surface area contributed by atoms with E-state index in [9.17, 15) is 4.79 Å². The molecule has 0 saturated heterocycles. The van der Waals surface area contributed by atoms with Gasteiger partial charge in [-0.2, -0.15) is 5.10 Å². The van der Waals surface area contributed by atoms with E-state index in [4.69, 9.17) is 11.6 Å². The first-order valence-corrected chi connectivity index (χ1v) is 5.11. The van der Waals surface area contributed by atoms with Crippen molar-refractivity contribution in [3.63, 3.8) is 0 Å². The van der Waals surface area contributed by atoms with E-state index >= 15 is 0 Å². The molecule has 0 saturated carbocycles. The number of nitrogens with zero attached hydrogens (tertiary/aromatic N) is 1. The summed E-state index contributed by atoms with van der Waals surface area (Å²) in [5.74, 6) is -0.237. The maximum absolute atomic E-state index is 11.7. The molecule has 1 aromatic heterocycles. The van der Waals surface area contributed by atoms with Gasteiger partial charge in [0, 0.05) is 6.20 Å². The van der Waals surface area contributed by atoms with Crippen molar-refractivity contribution in [3.8, 4) is 0 Å². The minimum atomic E-state index is -0.237. The number of halogens is 1. The van der Waals surface area contributed by atoms with Crippen LogP contribution in [0.4, 0.5) is 5.69 Å². The summed E-state index contributed by atoms with van der Waals surface area (Å²) in [5.41, 5.74) is 2.11. The van der Waals surface area contributed by atoms with Crippen LogP contribution in [0.25, 0.3) is 0 Å². The summed E-state index contributed by atoms with van der Waals surface area (Å²) in [5, 5.41) is 9.51. The lowest BCUT2D eigenvalue weighted by Crippen LogP contribution is -2.11. The minimum absolute atomic E-state index is 0.237. The Kier molecular flexibility index (Phi) is 2.92. The second kappa shape index (κ2) is 4.37. The van der Waals surface area contributed by atoms with Gasteiger partial charge in [-0.3, -0.25) is 9.89 Å². The second-order valence-corrected chi connectivity index (χ2v) is 3.83. The molecule has 0 radical (unpaired) electrons. The monoisotopic (exact) mass is 235 g/mol. The number of amides is 1. The molecule has 2 aromatic rings. The largest absolute Gasteiger partial charge is 0.321 e. The molecule has 82 valence electrons. The Morgan fingerprint density at radius 2 is 2.31 bits per heavy atom. The third-order valence-electron chi connectivity index (χ3n) is 2.13. The molecule has 0 fully saturated rings. The first kappa shape index (κ1) is 10.7. The average Bonchev–Trinajstić information content (AvgIpc) is 2.75. The highest BCUT2D eigenvalue weighted by atomic mass is 35.5. The van der Waals surface area contributed by atoms with E-state index in [1.807, 2.05) is 13.0 Å². The molecule has 0 aliphatic carbocycles. The van der Waals surface area contributed by atoms with Crippen molar-refractivity contribution in [1.29, 1.82) is 0 Å². The molecule has 4 nitrogen and oxygen atoms in total. The van der Waals surface area contributed by atoms with E-state index in [0.717, 1.165) is 5.56 Å². The van der Waals surface area contributed by atoms with Gasteiger partial charge in [-0.1, -0.05) is 17.7 Å². The second-order valence-electron chi connectivity index (χ2n) is 3.42. The summed E-state index contributed by atoms with van der Waals surface area (Å²) in [6, 6.07) is 5.46. The lowest BCUT2D eigenvalue weighted by Gasteiger charge is -2.06. The van der Waals surface area contributed by atoms with Gasteiger partial charge in [0.05, 0.1) is 22.5 Å². The summed E-state index contributed by atoms with van der Waals surface area (Å²) >= 11 is 6.00. The molecule has 1 aromatic carbocycles. The van der Waals surface area contributed by atoms with Gasteiger partial charge in [0.25, 0.3) is 5.91 Å². The number of rotatable bonds is 2. The Bertz CT molecular complexity index is 508. The molecule has 1 heterocycles. The van der Waals surface area contributed by atoms with Gasteiger partial charge in [-0.05, 0) is 24.6 Å². The zero-order valence-corrected chi connectivity index (χ0v) is 9.38. The van der Waals surface area contributed by atoms with E-state index in [1.54, 1.807) is 12.1 Å². The molecule has 0 aliphatic rings. The number of hydrogen-bond donors (Lipinski definition) is 2. The van der Waals surface area contributed by atoms with Crippen LogP contribution in [-0.4, -0.2) is 16.1 Å². The molecular formula is C11H10ClN3O. The number of benzene rings is 1. The number of aromatic amines is 1. The average molecular weight is 236 g/mol. The Hall–Kier alpha value is -1.81. The Balaban J connectivity index is 2.18. The van der Waals surface area contributed by atoms with Crippen molar-refractivity contribution < 1.29 is 4.79 Å². The highest BCUT2D eigenvalue weighted by Crippen LogP contribution is 2.23. The van der Waals surface area contributed by atoms with Crippen molar-refractivity contribution >= 4 is 23.2 Å². The predicted molar refractivity (Wildman–Crippen MR) is 62.7 cm³/mol. The molecule has 0 bridgehead atoms. The number of anilines is 1. The molecule has 0 atom stereocenters. The highest BCUT2D eigenvalue weighted by molar-refractivity contribution is 6.34. The van der Waals surface area contributed by atoms with Crippen LogP contribution in [0, 0.1) is 6.92 Å². The molecule has 5 heteroatoms. The molecule has 2 rings (SSSR count). The molecular weight excluding hydrogens is 226 g/mol. The zero-order valence-electron chi connectivity index (χ0n) is 8.62. The number of nitrogens with one attached hydrogen (secondary N) is 2. The SMILES string of the molecule is Cc1ccc(NC(=O)c2cn[nH]c2)c(Cl)c1. The van der Waals surface area contributed by atoms with Crippen LogP contribution in [0.1, 0.15) is 15.9 Å². The first-order valence-electron chi connectivity index (χ1n) is 4.73. The fourth-order valence-corrected chi connectivity index (χ4v) is 1.57. The van der Waals surface area contributed by atoms with E-state index in [1.165, 1.54) is 12.4 Å². The van der Waals surface area contributed by atoms with E-state index in [2.05, 4.69) is 15.5 Å². The van der Waals surface area contributed by atoms with Gasteiger partial charge < -0.3 is 5.32 Å². The number of hydrogen-bond acceptors (Lipinski definition) is 2. The van der Waals surface area contributed by atoms with Crippen LogP contribution in [0.5, 0.6) is 0 Å². The Morgan fingerprint density at radius 3 is 2.94 bits per heavy atom. The van der Waals surface area contributed by atoms with Crippen LogP contribution in [0.2, 0.25) is 5.02 Å². The van der Waals surface area contributed by atoms with E-state index in [-0.39, 0.29) is 5.91 Å². The van der Waals surface area contributed by atoms with Gasteiger partial charge in [0.1, 0.15) is 0 Å². The molecule has 0 unspecified atom stereocenters. The highest BCUT2D eigenvalue weighted by Gasteiger charge is 2.08. The molecule has 1 amide bonds. The van der Waals surface area contributed by atoms with Crippen LogP contribution in [0.15, 0.2) is 30.6 Å². The lowest BCUT2D eigenvalue weighted by atomic mass is 10.2. The first-order chi connectivity index (χ1) is 7.66. The lowest BCUT2D eigenvalue weighted by molar-refractivity contribution is 0.102.